The van der Waals surface area contributed by atoms with E-state index in [9.17, 15) is 14.7 Å². The van der Waals surface area contributed by atoms with E-state index in [1.165, 1.54) is 16.0 Å². The van der Waals surface area contributed by atoms with Gasteiger partial charge in [-0.25, -0.2) is 9.59 Å². The minimum Gasteiger partial charge on any atom is -0.480 e. The number of anilines is 3. The first kappa shape index (κ1) is 31.0. The number of carboxylic acid groups (broad SMARTS) is 1. The van der Waals surface area contributed by atoms with Crippen LogP contribution in [0, 0.1) is 6.92 Å². The van der Waals surface area contributed by atoms with Crippen molar-refractivity contribution in [2.24, 2.45) is 0 Å². The van der Waals surface area contributed by atoms with Crippen LogP contribution >= 0.6 is 11.6 Å². The molecule has 0 saturated carbocycles. The van der Waals surface area contributed by atoms with Gasteiger partial charge in [-0.1, -0.05) is 65.7 Å². The lowest BCUT2D eigenvalue weighted by Gasteiger charge is -2.17. The van der Waals surface area contributed by atoms with Crippen molar-refractivity contribution < 1.29 is 19.4 Å². The third-order valence-corrected chi connectivity index (χ3v) is 6.60. The van der Waals surface area contributed by atoms with Crippen molar-refractivity contribution in [3.05, 3.63) is 100 Å². The molecule has 12 heteroatoms. The highest BCUT2D eigenvalue weighted by Gasteiger charge is 2.20. The van der Waals surface area contributed by atoms with Crippen LogP contribution in [-0.2, 0) is 24.2 Å². The van der Waals surface area contributed by atoms with E-state index < -0.39 is 18.1 Å². The summed E-state index contributed by atoms with van der Waals surface area (Å²) in [7, 11) is 3.18. The SMILES string of the molecule is Cc1ccc(CCNc2nc(NCc3ccc(Cl)cc3)nc(N[C@@H](Cc3ccc(OC(=O)N(C)C)cc3)C(=O)O)n2)cc1. The second kappa shape index (κ2) is 14.8. The number of aryl methyl sites for hydroxylation is 1. The zero-order chi connectivity index (χ0) is 30.8. The average Bonchev–Trinajstić information content (AvgIpc) is 2.98. The van der Waals surface area contributed by atoms with Crippen LogP contribution in [0.1, 0.15) is 22.3 Å². The summed E-state index contributed by atoms with van der Waals surface area (Å²) in [5.41, 5.74) is 4.05. The van der Waals surface area contributed by atoms with Crippen molar-refractivity contribution >= 4 is 41.5 Å². The second-order valence-corrected chi connectivity index (χ2v) is 10.5. The number of rotatable bonds is 13. The highest BCUT2D eigenvalue weighted by atomic mass is 35.5. The van der Waals surface area contributed by atoms with Gasteiger partial charge in [0.2, 0.25) is 17.8 Å². The Hall–Kier alpha value is -4.90. The largest absolute Gasteiger partial charge is 0.480 e. The molecule has 0 radical (unpaired) electrons. The number of ether oxygens (including phenoxy) is 1. The van der Waals surface area contributed by atoms with Gasteiger partial charge in [-0.05, 0) is 54.3 Å². The minimum absolute atomic E-state index is 0.107. The van der Waals surface area contributed by atoms with E-state index >= 15 is 0 Å². The van der Waals surface area contributed by atoms with Crippen LogP contribution in [-0.4, -0.2) is 63.7 Å². The maximum Gasteiger partial charge on any atom is 0.414 e. The Labute approximate surface area is 255 Å². The Kier molecular flexibility index (Phi) is 10.7. The summed E-state index contributed by atoms with van der Waals surface area (Å²) in [6.07, 6.45) is 0.378. The molecule has 1 amide bonds. The van der Waals surface area contributed by atoms with E-state index in [1.807, 2.05) is 19.1 Å². The van der Waals surface area contributed by atoms with Gasteiger partial charge in [0.1, 0.15) is 11.8 Å². The Morgan fingerprint density at radius 2 is 1.42 bits per heavy atom. The van der Waals surface area contributed by atoms with Gasteiger partial charge in [-0.2, -0.15) is 15.0 Å². The van der Waals surface area contributed by atoms with E-state index in [1.54, 1.807) is 50.5 Å². The van der Waals surface area contributed by atoms with Gasteiger partial charge in [-0.15, -0.1) is 0 Å². The predicted molar refractivity (Wildman–Crippen MR) is 167 cm³/mol. The summed E-state index contributed by atoms with van der Waals surface area (Å²) in [6.45, 7) is 3.04. The van der Waals surface area contributed by atoms with Crippen molar-refractivity contribution in [2.45, 2.75) is 32.4 Å². The van der Waals surface area contributed by atoms with Gasteiger partial charge in [-0.3, -0.25) is 0 Å². The zero-order valence-corrected chi connectivity index (χ0v) is 24.9. The van der Waals surface area contributed by atoms with E-state index in [0.29, 0.717) is 29.8 Å². The number of carbonyl (C=O) groups is 2. The standard InChI is InChI=1S/C31H34ClN7O4/c1-20-4-6-21(7-5-20)16-17-33-28-36-29(34-19-23-8-12-24(32)13-9-23)38-30(37-28)35-26(27(40)41)18-22-10-14-25(15-11-22)43-31(42)39(2)3/h4-15,26H,16-19H2,1-3H3,(H,40,41)(H3,33,34,35,36,37,38)/t26-/m0/s1. The van der Waals surface area contributed by atoms with Crippen LogP contribution in [0.15, 0.2) is 72.8 Å². The predicted octanol–water partition coefficient (Wildman–Crippen LogP) is 5.27. The fraction of sp³-hybridized carbons (Fsp3) is 0.258. The van der Waals surface area contributed by atoms with Crippen molar-refractivity contribution in [3.63, 3.8) is 0 Å². The molecule has 11 nitrogen and oxygen atoms in total. The molecule has 0 aliphatic rings. The van der Waals surface area contributed by atoms with Crippen LogP contribution in [0.25, 0.3) is 0 Å². The molecule has 0 fully saturated rings. The Balaban J connectivity index is 1.48. The summed E-state index contributed by atoms with van der Waals surface area (Å²) in [5, 5.41) is 20.0. The van der Waals surface area contributed by atoms with Crippen LogP contribution < -0.4 is 20.7 Å². The van der Waals surface area contributed by atoms with Gasteiger partial charge in [0.25, 0.3) is 0 Å². The molecular formula is C31H34ClN7O4. The van der Waals surface area contributed by atoms with Crippen LogP contribution in [0.3, 0.4) is 0 Å². The van der Waals surface area contributed by atoms with Gasteiger partial charge in [0, 0.05) is 38.6 Å². The lowest BCUT2D eigenvalue weighted by atomic mass is 10.1. The average molecular weight is 604 g/mol. The molecule has 4 rings (SSSR count). The molecule has 4 aromatic rings. The molecule has 1 atom stereocenters. The lowest BCUT2D eigenvalue weighted by Crippen LogP contribution is -2.32. The summed E-state index contributed by atoms with van der Waals surface area (Å²) >= 11 is 6.00. The molecule has 1 aromatic heterocycles. The number of carbonyl (C=O) groups excluding carboxylic acids is 1. The summed E-state index contributed by atoms with van der Waals surface area (Å²) < 4.78 is 5.24. The number of hydrogen-bond acceptors (Lipinski definition) is 9. The van der Waals surface area contributed by atoms with Gasteiger partial charge < -0.3 is 30.7 Å². The number of nitrogens with one attached hydrogen (secondary N) is 3. The molecule has 4 N–H and O–H groups in total. The summed E-state index contributed by atoms with van der Waals surface area (Å²) in [6, 6.07) is 21.3. The van der Waals surface area contributed by atoms with Crippen molar-refractivity contribution in [2.75, 3.05) is 36.6 Å². The fourth-order valence-electron chi connectivity index (χ4n) is 3.93. The molecule has 0 bridgehead atoms. The van der Waals surface area contributed by atoms with Gasteiger partial charge in [0.15, 0.2) is 0 Å². The van der Waals surface area contributed by atoms with Crippen LogP contribution in [0.4, 0.5) is 22.6 Å². The first-order chi connectivity index (χ1) is 20.6. The molecule has 1 heterocycles. The normalized spacial score (nSPS) is 11.3. The van der Waals surface area contributed by atoms with Crippen LogP contribution in [0.2, 0.25) is 5.02 Å². The van der Waals surface area contributed by atoms with E-state index in [0.717, 1.165) is 17.5 Å². The molecule has 0 saturated heterocycles. The monoisotopic (exact) mass is 603 g/mol. The number of benzene rings is 3. The zero-order valence-electron chi connectivity index (χ0n) is 24.2. The van der Waals surface area contributed by atoms with E-state index in [-0.39, 0.29) is 18.3 Å². The molecule has 0 unspecified atom stereocenters. The molecule has 0 aliphatic carbocycles. The number of amides is 1. The number of hydrogen-bond donors (Lipinski definition) is 4. The molecule has 0 aliphatic heterocycles. The van der Waals surface area contributed by atoms with Crippen molar-refractivity contribution in [1.82, 2.24) is 19.9 Å². The number of nitrogens with zero attached hydrogens (tertiary/aromatic N) is 4. The van der Waals surface area contributed by atoms with Crippen molar-refractivity contribution in [3.8, 4) is 5.75 Å². The molecule has 224 valence electrons. The molecule has 43 heavy (non-hydrogen) atoms. The van der Waals surface area contributed by atoms with Crippen molar-refractivity contribution in [1.29, 1.82) is 0 Å². The van der Waals surface area contributed by atoms with E-state index in [2.05, 4.69) is 55.2 Å². The minimum atomic E-state index is -1.08. The second-order valence-electron chi connectivity index (χ2n) is 10.1. The third kappa shape index (κ3) is 9.86. The molecular weight excluding hydrogens is 570 g/mol. The number of aliphatic carboxylic acids is 1. The highest BCUT2D eigenvalue weighted by Crippen LogP contribution is 2.18. The Bertz CT molecular complexity index is 1520. The number of carboxylic acids is 1. The highest BCUT2D eigenvalue weighted by molar-refractivity contribution is 6.30. The van der Waals surface area contributed by atoms with Gasteiger partial charge in [0.05, 0.1) is 0 Å². The lowest BCUT2D eigenvalue weighted by molar-refractivity contribution is -0.137. The Morgan fingerprint density at radius 1 is 0.837 bits per heavy atom. The maximum atomic E-state index is 12.2. The topological polar surface area (TPSA) is 142 Å². The quantitative estimate of drug-likeness (QED) is 0.160. The van der Waals surface area contributed by atoms with Crippen LogP contribution in [0.5, 0.6) is 5.75 Å². The molecule has 0 spiro atoms. The number of aromatic nitrogens is 3. The summed E-state index contributed by atoms with van der Waals surface area (Å²) in [4.78, 5) is 38.7. The maximum absolute atomic E-state index is 12.2. The van der Waals surface area contributed by atoms with E-state index in [4.69, 9.17) is 16.3 Å². The molecule has 3 aromatic carbocycles. The van der Waals surface area contributed by atoms with Gasteiger partial charge >= 0.3 is 12.1 Å². The fourth-order valence-corrected chi connectivity index (χ4v) is 4.06. The smallest absolute Gasteiger partial charge is 0.414 e. The first-order valence-electron chi connectivity index (χ1n) is 13.7. The number of halogens is 1. The third-order valence-electron chi connectivity index (χ3n) is 6.35. The Morgan fingerprint density at radius 3 is 2.05 bits per heavy atom. The first-order valence-corrected chi connectivity index (χ1v) is 14.0. The summed E-state index contributed by atoms with van der Waals surface area (Å²) in [5.74, 6) is -0.0261.